The molecule has 0 unspecified atom stereocenters. The van der Waals surface area contributed by atoms with Crippen LogP contribution in [0, 0.1) is 6.92 Å². The van der Waals surface area contributed by atoms with Gasteiger partial charge in [-0.1, -0.05) is 66.2 Å². The van der Waals surface area contributed by atoms with Gasteiger partial charge in [-0.2, -0.15) is 0 Å². The Morgan fingerprint density at radius 1 is 0.815 bits per heavy atom. The van der Waals surface area contributed by atoms with Crippen molar-refractivity contribution in [1.29, 1.82) is 0 Å². The van der Waals surface area contributed by atoms with E-state index in [1.165, 1.54) is 5.39 Å². The Balaban J connectivity index is 1.40. The second kappa shape index (κ2) is 8.99. The van der Waals surface area contributed by atoms with Crippen molar-refractivity contribution in [1.82, 2.24) is 5.32 Å². The van der Waals surface area contributed by atoms with Gasteiger partial charge in [-0.25, -0.2) is 0 Å². The maximum absolute atomic E-state index is 12.1. The van der Waals surface area contributed by atoms with E-state index < -0.39 is 0 Å². The Morgan fingerprint density at radius 3 is 2.37 bits per heavy atom. The molecule has 3 aromatic carbocycles. The van der Waals surface area contributed by atoms with Crippen LogP contribution < -0.4 is 10.6 Å². The van der Waals surface area contributed by atoms with Gasteiger partial charge in [0.1, 0.15) is 0 Å². The molecule has 0 spiro atoms. The molecule has 0 fully saturated rings. The summed E-state index contributed by atoms with van der Waals surface area (Å²) in [5, 5.41) is 8.56. The first-order valence-electron chi connectivity index (χ1n) is 9.22. The molecule has 138 valence electrons. The number of anilines is 1. The molecule has 2 N–H and O–H groups in total. The first-order chi connectivity index (χ1) is 13.1. The fourth-order valence-corrected chi connectivity index (χ4v) is 2.98. The quantitative estimate of drug-likeness (QED) is 0.464. The lowest BCUT2D eigenvalue weighted by Gasteiger charge is -2.10. The van der Waals surface area contributed by atoms with Gasteiger partial charge in [0.05, 0.1) is 0 Å². The fourth-order valence-electron chi connectivity index (χ4n) is 2.98. The smallest absolute Gasteiger partial charge is 0.220 e. The van der Waals surface area contributed by atoms with E-state index in [9.17, 15) is 9.59 Å². The largest absolute Gasteiger partial charge is 0.383 e. The summed E-state index contributed by atoms with van der Waals surface area (Å²) < 4.78 is 0. The van der Waals surface area contributed by atoms with Gasteiger partial charge in [-0.3, -0.25) is 9.59 Å². The van der Waals surface area contributed by atoms with Gasteiger partial charge in [0.2, 0.25) is 5.91 Å². The Labute approximate surface area is 159 Å². The number of benzene rings is 3. The molecule has 4 heteroatoms. The highest BCUT2D eigenvalue weighted by Crippen LogP contribution is 2.22. The average Bonchev–Trinajstić information content (AvgIpc) is 2.70. The van der Waals surface area contributed by atoms with Crippen LogP contribution in [-0.4, -0.2) is 24.8 Å². The van der Waals surface area contributed by atoms with Crippen LogP contribution in [0.4, 0.5) is 5.69 Å². The van der Waals surface area contributed by atoms with Crippen molar-refractivity contribution in [3.05, 3.63) is 77.9 Å². The topological polar surface area (TPSA) is 58.2 Å². The zero-order valence-corrected chi connectivity index (χ0v) is 15.5. The number of nitrogens with one attached hydrogen (secondary N) is 2. The van der Waals surface area contributed by atoms with Crippen molar-refractivity contribution in [2.45, 2.75) is 19.8 Å². The Kier molecular flexibility index (Phi) is 6.21. The van der Waals surface area contributed by atoms with E-state index >= 15 is 0 Å². The Hall–Kier alpha value is -3.14. The van der Waals surface area contributed by atoms with Crippen LogP contribution in [0.5, 0.6) is 0 Å². The fraction of sp³-hybridized carbons (Fsp3) is 0.217. The van der Waals surface area contributed by atoms with Crippen LogP contribution >= 0.6 is 0 Å². The number of Topliss-reactive ketones (excluding diaryl/α,β-unsaturated/α-hetero) is 1. The minimum Gasteiger partial charge on any atom is -0.383 e. The standard InChI is InChI=1S/C23H24N2O2/c1-17-9-11-19(12-10-17)22(26)13-14-23(27)25-16-15-24-21-8-4-6-18-5-2-3-7-20(18)21/h2-12,24H,13-16H2,1H3,(H,25,27). The van der Waals surface area contributed by atoms with Gasteiger partial charge in [-0.05, 0) is 18.4 Å². The molecule has 0 saturated carbocycles. The van der Waals surface area contributed by atoms with Crippen LogP contribution in [-0.2, 0) is 4.79 Å². The van der Waals surface area contributed by atoms with E-state index in [4.69, 9.17) is 0 Å². The summed E-state index contributed by atoms with van der Waals surface area (Å²) in [6.07, 6.45) is 0.437. The Morgan fingerprint density at radius 2 is 1.56 bits per heavy atom. The lowest BCUT2D eigenvalue weighted by atomic mass is 10.1. The molecule has 1 amide bonds. The van der Waals surface area contributed by atoms with Crippen molar-refractivity contribution in [3.63, 3.8) is 0 Å². The normalized spacial score (nSPS) is 10.6. The minimum absolute atomic E-state index is 0.000898. The monoisotopic (exact) mass is 360 g/mol. The van der Waals surface area contributed by atoms with Gasteiger partial charge < -0.3 is 10.6 Å². The molecule has 0 saturated heterocycles. The third kappa shape index (κ3) is 5.17. The second-order valence-electron chi connectivity index (χ2n) is 6.59. The van der Waals surface area contributed by atoms with Crippen molar-refractivity contribution in [3.8, 4) is 0 Å². The van der Waals surface area contributed by atoms with Crippen LogP contribution in [0.3, 0.4) is 0 Å². The van der Waals surface area contributed by atoms with Crippen molar-refractivity contribution in [2.75, 3.05) is 18.4 Å². The summed E-state index contributed by atoms with van der Waals surface area (Å²) in [5.41, 5.74) is 2.82. The highest BCUT2D eigenvalue weighted by atomic mass is 16.2. The summed E-state index contributed by atoms with van der Waals surface area (Å²) in [6.45, 7) is 3.13. The number of rotatable bonds is 8. The number of amides is 1. The molecule has 0 aliphatic rings. The van der Waals surface area contributed by atoms with Gasteiger partial charge in [0, 0.05) is 42.6 Å². The zero-order valence-electron chi connectivity index (χ0n) is 15.5. The number of hydrogen-bond acceptors (Lipinski definition) is 3. The molecular formula is C23H24N2O2. The molecule has 0 bridgehead atoms. The van der Waals surface area contributed by atoms with Gasteiger partial charge >= 0.3 is 0 Å². The van der Waals surface area contributed by atoms with E-state index in [-0.39, 0.29) is 24.5 Å². The molecular weight excluding hydrogens is 336 g/mol. The third-order valence-electron chi connectivity index (χ3n) is 4.50. The van der Waals surface area contributed by atoms with Crippen molar-refractivity contribution < 1.29 is 9.59 Å². The molecule has 27 heavy (non-hydrogen) atoms. The van der Waals surface area contributed by atoms with Crippen molar-refractivity contribution in [2.24, 2.45) is 0 Å². The molecule has 3 rings (SSSR count). The summed E-state index contributed by atoms with van der Waals surface area (Å²) in [6, 6.07) is 21.7. The number of hydrogen-bond donors (Lipinski definition) is 2. The third-order valence-corrected chi connectivity index (χ3v) is 4.50. The maximum Gasteiger partial charge on any atom is 0.220 e. The lowest BCUT2D eigenvalue weighted by molar-refractivity contribution is -0.120. The first-order valence-corrected chi connectivity index (χ1v) is 9.22. The van der Waals surface area contributed by atoms with E-state index in [0.717, 1.165) is 16.6 Å². The summed E-state index contributed by atoms with van der Waals surface area (Å²) in [5.74, 6) is -0.103. The van der Waals surface area contributed by atoms with E-state index in [0.29, 0.717) is 18.7 Å². The van der Waals surface area contributed by atoms with Gasteiger partial charge in [0.15, 0.2) is 5.78 Å². The van der Waals surface area contributed by atoms with Gasteiger partial charge in [0.25, 0.3) is 0 Å². The van der Waals surface area contributed by atoms with Crippen LogP contribution in [0.25, 0.3) is 10.8 Å². The molecule has 4 nitrogen and oxygen atoms in total. The maximum atomic E-state index is 12.1. The summed E-state index contributed by atoms with van der Waals surface area (Å²) in [4.78, 5) is 24.1. The molecule has 0 aromatic heterocycles. The summed E-state index contributed by atoms with van der Waals surface area (Å²) in [7, 11) is 0. The molecule has 0 aliphatic heterocycles. The predicted molar refractivity (Wildman–Crippen MR) is 110 cm³/mol. The highest BCUT2D eigenvalue weighted by Gasteiger charge is 2.09. The number of carbonyl (C=O) groups is 2. The number of aryl methyl sites for hydroxylation is 1. The molecule has 0 radical (unpaired) electrons. The van der Waals surface area contributed by atoms with Gasteiger partial charge in [-0.15, -0.1) is 0 Å². The first kappa shape index (κ1) is 18.6. The molecule has 0 atom stereocenters. The lowest BCUT2D eigenvalue weighted by Crippen LogP contribution is -2.29. The number of ketones is 1. The SMILES string of the molecule is Cc1ccc(C(=O)CCC(=O)NCCNc2cccc3ccccc23)cc1. The molecule has 3 aromatic rings. The number of carbonyl (C=O) groups excluding carboxylic acids is 2. The predicted octanol–water partition coefficient (Wildman–Crippen LogP) is 4.34. The van der Waals surface area contributed by atoms with Crippen LogP contribution in [0.1, 0.15) is 28.8 Å². The Bertz CT molecular complexity index is 927. The van der Waals surface area contributed by atoms with Crippen LogP contribution in [0.15, 0.2) is 66.7 Å². The summed E-state index contributed by atoms with van der Waals surface area (Å²) >= 11 is 0. The van der Waals surface area contributed by atoms with E-state index in [1.54, 1.807) is 0 Å². The molecule has 0 aliphatic carbocycles. The van der Waals surface area contributed by atoms with Crippen molar-refractivity contribution >= 4 is 28.2 Å². The average molecular weight is 360 g/mol. The minimum atomic E-state index is -0.102. The number of fused-ring (bicyclic) bond motifs is 1. The van der Waals surface area contributed by atoms with E-state index in [2.05, 4.69) is 28.8 Å². The highest BCUT2D eigenvalue weighted by molar-refractivity contribution is 5.98. The second-order valence-corrected chi connectivity index (χ2v) is 6.59. The van der Waals surface area contributed by atoms with E-state index in [1.807, 2.05) is 55.5 Å². The molecule has 0 heterocycles. The van der Waals surface area contributed by atoms with Crippen LogP contribution in [0.2, 0.25) is 0 Å². The zero-order chi connectivity index (χ0) is 19.1.